The topological polar surface area (TPSA) is 89.9 Å². The van der Waals surface area contributed by atoms with Gasteiger partial charge in [-0.05, 0) is 69.6 Å². The highest BCUT2D eigenvalue weighted by molar-refractivity contribution is 14.1. The maximum absolute atomic E-state index is 12.8. The van der Waals surface area contributed by atoms with Crippen LogP contribution in [0.1, 0.15) is 15.9 Å². The Morgan fingerprint density at radius 3 is 2.11 bits per heavy atom. The highest BCUT2D eigenvalue weighted by Gasteiger charge is 2.40. The van der Waals surface area contributed by atoms with Crippen molar-refractivity contribution in [2.24, 2.45) is 5.92 Å². The molecule has 3 N–H and O–H groups in total. The molecule has 36 heavy (non-hydrogen) atoms. The van der Waals surface area contributed by atoms with Crippen LogP contribution in [-0.4, -0.2) is 40.1 Å². The number of carboxylic acids is 1. The van der Waals surface area contributed by atoms with Crippen molar-refractivity contribution < 1.29 is 19.8 Å². The van der Waals surface area contributed by atoms with E-state index in [0.717, 1.165) is 26.0 Å². The molecule has 3 aromatic rings. The van der Waals surface area contributed by atoms with Crippen molar-refractivity contribution in [2.45, 2.75) is 6.04 Å². The predicted octanol–water partition coefficient (Wildman–Crippen LogP) is 6.11. The Kier molecular flexibility index (Phi) is 6.40. The van der Waals surface area contributed by atoms with Crippen molar-refractivity contribution in [3.63, 3.8) is 0 Å². The van der Waals surface area contributed by atoms with Gasteiger partial charge >= 0.3 is 5.97 Å². The molecule has 1 aliphatic carbocycles. The van der Waals surface area contributed by atoms with Crippen molar-refractivity contribution >= 4 is 45.9 Å². The molecule has 0 aromatic heterocycles. The van der Waals surface area contributed by atoms with Gasteiger partial charge in [0, 0.05) is 27.8 Å². The molecular formula is C29H23IN2O4. The molecule has 2 unspecified atom stereocenters. The number of nitrogens with one attached hydrogen (secondary N) is 1. The standard InChI is InChI=1S/C29H23IN2O4/c1-32-24-16-25(33)23(29(35)36)15-22(24)26(30)27(32)19-7-9-20(10-8-19)28(34)31-21-13-11-18(12-14-21)17-5-3-2-4-6-17/h2-16,22,24,33H,1H3,(H,31,34)(H,35,36). The highest BCUT2D eigenvalue weighted by atomic mass is 127. The first-order valence-corrected chi connectivity index (χ1v) is 12.5. The third-order valence-electron chi connectivity index (χ3n) is 6.54. The first-order chi connectivity index (χ1) is 17.3. The number of rotatable bonds is 5. The molecule has 1 amide bonds. The van der Waals surface area contributed by atoms with Crippen LogP contribution in [0.25, 0.3) is 16.8 Å². The van der Waals surface area contributed by atoms with E-state index in [4.69, 9.17) is 0 Å². The number of carbonyl (C=O) groups is 2. The number of nitrogens with zero attached hydrogens (tertiary/aromatic N) is 1. The van der Waals surface area contributed by atoms with Crippen LogP contribution < -0.4 is 5.32 Å². The van der Waals surface area contributed by atoms with Crippen LogP contribution in [0.5, 0.6) is 0 Å². The molecule has 0 saturated heterocycles. The Balaban J connectivity index is 1.32. The number of aliphatic carboxylic acids is 1. The summed E-state index contributed by atoms with van der Waals surface area (Å²) in [6.07, 6.45) is 3.20. The zero-order chi connectivity index (χ0) is 25.4. The molecule has 5 rings (SSSR count). The van der Waals surface area contributed by atoms with Gasteiger partial charge in [-0.3, -0.25) is 4.79 Å². The van der Waals surface area contributed by atoms with Crippen LogP contribution in [0.15, 0.2) is 106 Å². The largest absolute Gasteiger partial charge is 0.507 e. The number of fused-ring (bicyclic) bond motifs is 1. The van der Waals surface area contributed by atoms with Crippen LogP contribution in [0.4, 0.5) is 5.69 Å². The number of likely N-dealkylation sites (N-methyl/N-ethyl adjacent to an activating group) is 1. The summed E-state index contributed by atoms with van der Waals surface area (Å²) < 4.78 is 0.985. The Morgan fingerprint density at radius 1 is 0.861 bits per heavy atom. The number of carboxylic acid groups (broad SMARTS) is 1. The molecule has 2 atom stereocenters. The smallest absolute Gasteiger partial charge is 0.339 e. The third-order valence-corrected chi connectivity index (χ3v) is 7.77. The number of benzene rings is 3. The summed E-state index contributed by atoms with van der Waals surface area (Å²) in [5.74, 6) is -1.72. The second-order valence-electron chi connectivity index (χ2n) is 8.74. The van der Waals surface area contributed by atoms with Crippen molar-refractivity contribution in [3.8, 4) is 11.1 Å². The molecule has 0 bridgehead atoms. The fourth-order valence-electron chi connectivity index (χ4n) is 4.65. The summed E-state index contributed by atoms with van der Waals surface area (Å²) in [6, 6.07) is 25.0. The van der Waals surface area contributed by atoms with Crippen LogP contribution in [-0.2, 0) is 4.79 Å². The molecule has 0 spiro atoms. The van der Waals surface area contributed by atoms with Crippen LogP contribution >= 0.6 is 22.6 Å². The summed E-state index contributed by atoms with van der Waals surface area (Å²) in [6.45, 7) is 0. The molecule has 1 heterocycles. The lowest BCUT2D eigenvalue weighted by Gasteiger charge is -2.28. The molecule has 0 radical (unpaired) electrons. The van der Waals surface area contributed by atoms with Gasteiger partial charge in [0.25, 0.3) is 5.91 Å². The van der Waals surface area contributed by atoms with E-state index in [2.05, 4.69) is 27.9 Å². The zero-order valence-electron chi connectivity index (χ0n) is 19.4. The average Bonchev–Trinajstić information content (AvgIpc) is 3.13. The Labute approximate surface area is 222 Å². The average molecular weight is 590 g/mol. The number of aliphatic hydroxyl groups excluding tert-OH is 1. The normalized spacial score (nSPS) is 18.9. The van der Waals surface area contributed by atoms with Gasteiger partial charge in [0.15, 0.2) is 0 Å². The molecule has 7 heteroatoms. The van der Waals surface area contributed by atoms with Crippen molar-refractivity contribution in [1.82, 2.24) is 4.90 Å². The minimum Gasteiger partial charge on any atom is -0.507 e. The molecule has 0 saturated carbocycles. The quantitative estimate of drug-likeness (QED) is 0.313. The minimum atomic E-state index is -1.15. The van der Waals surface area contributed by atoms with E-state index in [1.807, 2.05) is 78.7 Å². The maximum atomic E-state index is 12.8. The molecule has 2 aliphatic rings. The van der Waals surface area contributed by atoms with Crippen LogP contribution in [0.3, 0.4) is 0 Å². The van der Waals surface area contributed by atoms with Gasteiger partial charge in [-0.1, -0.05) is 60.7 Å². The van der Waals surface area contributed by atoms with Crippen LogP contribution in [0, 0.1) is 5.92 Å². The van der Waals surface area contributed by atoms with Crippen LogP contribution in [0.2, 0.25) is 0 Å². The minimum absolute atomic E-state index is 0.0797. The van der Waals surface area contributed by atoms with E-state index in [0.29, 0.717) is 11.3 Å². The number of aliphatic hydroxyl groups is 1. The molecular weight excluding hydrogens is 567 g/mol. The van der Waals surface area contributed by atoms with E-state index in [1.54, 1.807) is 24.3 Å². The number of amides is 1. The number of hydrogen-bond donors (Lipinski definition) is 3. The Morgan fingerprint density at radius 2 is 1.47 bits per heavy atom. The number of anilines is 1. The fraction of sp³-hybridized carbons (Fsp3) is 0.103. The SMILES string of the molecule is CN1C(c2ccc(C(=O)Nc3ccc(-c4ccccc4)cc3)cc2)=C(I)C2C=C(C(=O)O)C(O)=CC21. The van der Waals surface area contributed by atoms with Crippen molar-refractivity contribution in [1.29, 1.82) is 0 Å². The summed E-state index contributed by atoms with van der Waals surface area (Å²) in [4.78, 5) is 26.3. The second-order valence-corrected chi connectivity index (χ2v) is 9.90. The van der Waals surface area contributed by atoms with Crippen molar-refractivity contribution in [3.05, 3.63) is 117 Å². The van der Waals surface area contributed by atoms with E-state index in [-0.39, 0.29) is 29.2 Å². The third kappa shape index (κ3) is 4.42. The number of carbonyl (C=O) groups excluding carboxylic acids is 1. The molecule has 0 fully saturated rings. The summed E-state index contributed by atoms with van der Waals surface area (Å²) >= 11 is 2.24. The monoisotopic (exact) mass is 590 g/mol. The zero-order valence-corrected chi connectivity index (χ0v) is 21.5. The van der Waals surface area contributed by atoms with Gasteiger partial charge in [0.2, 0.25) is 0 Å². The number of halogens is 1. The summed E-state index contributed by atoms with van der Waals surface area (Å²) in [5.41, 5.74) is 5.23. The lowest BCUT2D eigenvalue weighted by atomic mass is 9.91. The van der Waals surface area contributed by atoms with Gasteiger partial charge in [-0.2, -0.15) is 0 Å². The Bertz CT molecular complexity index is 1420. The highest BCUT2D eigenvalue weighted by Crippen LogP contribution is 2.46. The van der Waals surface area contributed by atoms with E-state index in [9.17, 15) is 19.8 Å². The maximum Gasteiger partial charge on any atom is 0.339 e. The number of hydrogen-bond acceptors (Lipinski definition) is 4. The van der Waals surface area contributed by atoms with E-state index < -0.39 is 5.97 Å². The van der Waals surface area contributed by atoms with Gasteiger partial charge in [0.1, 0.15) is 5.76 Å². The summed E-state index contributed by atoms with van der Waals surface area (Å²) in [7, 11) is 1.92. The van der Waals surface area contributed by atoms with Gasteiger partial charge in [-0.25, -0.2) is 4.79 Å². The first kappa shape index (κ1) is 23.9. The molecule has 180 valence electrons. The molecule has 3 aromatic carbocycles. The lowest BCUT2D eigenvalue weighted by Crippen LogP contribution is -2.31. The van der Waals surface area contributed by atoms with Gasteiger partial charge in [-0.15, -0.1) is 0 Å². The van der Waals surface area contributed by atoms with Gasteiger partial charge < -0.3 is 20.4 Å². The predicted molar refractivity (Wildman–Crippen MR) is 149 cm³/mol. The fourth-order valence-corrected chi connectivity index (χ4v) is 5.89. The Hall–Kier alpha value is -3.85. The van der Waals surface area contributed by atoms with Gasteiger partial charge in [0.05, 0.1) is 17.3 Å². The van der Waals surface area contributed by atoms with E-state index >= 15 is 0 Å². The second kappa shape index (κ2) is 9.66. The van der Waals surface area contributed by atoms with Crippen molar-refractivity contribution in [2.75, 3.05) is 12.4 Å². The van der Waals surface area contributed by atoms with E-state index in [1.165, 1.54) is 0 Å². The first-order valence-electron chi connectivity index (χ1n) is 11.4. The molecule has 1 aliphatic heterocycles. The lowest BCUT2D eigenvalue weighted by molar-refractivity contribution is -0.132. The summed E-state index contributed by atoms with van der Waals surface area (Å²) in [5, 5.41) is 22.5. The molecule has 6 nitrogen and oxygen atoms in total.